The van der Waals surface area contributed by atoms with Crippen molar-refractivity contribution in [2.24, 2.45) is 5.92 Å². The van der Waals surface area contributed by atoms with Crippen molar-refractivity contribution in [3.05, 3.63) is 17.3 Å². The largest absolute Gasteiger partial charge is 0.396 e. The third kappa shape index (κ3) is 3.11. The van der Waals surface area contributed by atoms with Crippen LogP contribution in [0.25, 0.3) is 0 Å². The Morgan fingerprint density at radius 1 is 1.54 bits per heavy atom. The predicted octanol–water partition coefficient (Wildman–Crippen LogP) is 2.39. The van der Waals surface area contributed by atoms with Crippen LogP contribution in [-0.2, 0) is 0 Å². The van der Waals surface area contributed by atoms with Gasteiger partial charge in [-0.25, -0.2) is 4.98 Å². The van der Waals surface area contributed by atoms with Gasteiger partial charge in [0, 0.05) is 6.54 Å². The van der Waals surface area contributed by atoms with Gasteiger partial charge < -0.3 is 11.1 Å². The monoisotopic (exact) mass is 199 g/mol. The predicted molar refractivity (Wildman–Crippen MR) is 57.0 cm³/mol. The van der Waals surface area contributed by atoms with Crippen molar-refractivity contribution in [2.75, 3.05) is 17.6 Å². The Balaban J connectivity index is 2.70. The van der Waals surface area contributed by atoms with Crippen LogP contribution < -0.4 is 11.1 Å². The Labute approximate surface area is 83.3 Å². The number of aromatic nitrogens is 1. The smallest absolute Gasteiger partial charge is 0.150 e. The first-order chi connectivity index (χ1) is 6.09. The molecule has 13 heavy (non-hydrogen) atoms. The van der Waals surface area contributed by atoms with Gasteiger partial charge in [0.2, 0.25) is 0 Å². The number of anilines is 2. The fourth-order valence-corrected chi connectivity index (χ4v) is 1.04. The highest BCUT2D eigenvalue weighted by Crippen LogP contribution is 2.18. The summed E-state index contributed by atoms with van der Waals surface area (Å²) in [6.07, 6.45) is 0. The van der Waals surface area contributed by atoms with E-state index in [1.54, 1.807) is 12.1 Å². The minimum absolute atomic E-state index is 0.459. The van der Waals surface area contributed by atoms with E-state index in [1.165, 1.54) is 0 Å². The average molecular weight is 200 g/mol. The molecule has 72 valence electrons. The minimum Gasteiger partial charge on any atom is -0.396 e. The zero-order chi connectivity index (χ0) is 9.84. The highest BCUT2D eigenvalue weighted by molar-refractivity contribution is 6.29. The number of pyridine rings is 1. The minimum atomic E-state index is 0.459. The summed E-state index contributed by atoms with van der Waals surface area (Å²) in [5, 5.41) is 3.59. The van der Waals surface area contributed by atoms with Gasteiger partial charge in [0.25, 0.3) is 0 Å². The summed E-state index contributed by atoms with van der Waals surface area (Å²) in [6, 6.07) is 3.43. The first-order valence-electron chi connectivity index (χ1n) is 4.25. The lowest BCUT2D eigenvalue weighted by molar-refractivity contribution is 0.687. The van der Waals surface area contributed by atoms with Gasteiger partial charge in [-0.3, -0.25) is 0 Å². The van der Waals surface area contributed by atoms with Crippen LogP contribution in [0.15, 0.2) is 12.1 Å². The van der Waals surface area contributed by atoms with Crippen LogP contribution in [-0.4, -0.2) is 11.5 Å². The molecule has 0 radical (unpaired) electrons. The molecule has 0 saturated heterocycles. The molecule has 0 aromatic carbocycles. The number of nitrogens with zero attached hydrogens (tertiary/aromatic N) is 1. The van der Waals surface area contributed by atoms with Gasteiger partial charge in [-0.15, -0.1) is 0 Å². The topological polar surface area (TPSA) is 50.9 Å². The molecular weight excluding hydrogens is 186 g/mol. The summed E-state index contributed by atoms with van der Waals surface area (Å²) >= 11 is 5.73. The standard InChI is InChI=1S/C9H14ClN3/c1-6(2)5-12-9-7(11)3-4-8(10)13-9/h3-4,6H,5,11H2,1-2H3,(H,12,13). The van der Waals surface area contributed by atoms with Crippen molar-refractivity contribution in [1.29, 1.82) is 0 Å². The van der Waals surface area contributed by atoms with Crippen molar-refractivity contribution in [3.63, 3.8) is 0 Å². The van der Waals surface area contributed by atoms with Crippen LogP contribution in [0.4, 0.5) is 11.5 Å². The van der Waals surface area contributed by atoms with Gasteiger partial charge in [0.05, 0.1) is 5.69 Å². The van der Waals surface area contributed by atoms with Crippen LogP contribution >= 0.6 is 11.6 Å². The van der Waals surface area contributed by atoms with E-state index in [9.17, 15) is 0 Å². The fourth-order valence-electron chi connectivity index (χ4n) is 0.888. The molecule has 0 aliphatic carbocycles. The zero-order valence-corrected chi connectivity index (χ0v) is 8.60. The van der Waals surface area contributed by atoms with E-state index in [-0.39, 0.29) is 0 Å². The van der Waals surface area contributed by atoms with Gasteiger partial charge in [0.1, 0.15) is 5.15 Å². The molecule has 0 aliphatic heterocycles. The van der Waals surface area contributed by atoms with Crippen molar-refractivity contribution in [2.45, 2.75) is 13.8 Å². The quantitative estimate of drug-likeness (QED) is 0.735. The Bertz CT molecular complexity index is 286. The third-order valence-electron chi connectivity index (χ3n) is 1.57. The average Bonchev–Trinajstić information content (AvgIpc) is 2.06. The van der Waals surface area contributed by atoms with Gasteiger partial charge in [-0.2, -0.15) is 0 Å². The molecule has 0 atom stereocenters. The second kappa shape index (κ2) is 4.33. The van der Waals surface area contributed by atoms with Gasteiger partial charge >= 0.3 is 0 Å². The molecule has 0 fully saturated rings. The number of nitrogens with one attached hydrogen (secondary N) is 1. The molecule has 1 aromatic heterocycles. The lowest BCUT2D eigenvalue weighted by atomic mass is 10.2. The van der Waals surface area contributed by atoms with E-state index in [0.29, 0.717) is 22.6 Å². The number of nitrogen functional groups attached to an aromatic ring is 1. The third-order valence-corrected chi connectivity index (χ3v) is 1.78. The molecule has 0 aliphatic rings. The van der Waals surface area contributed by atoms with E-state index in [4.69, 9.17) is 17.3 Å². The summed E-state index contributed by atoms with van der Waals surface area (Å²) in [4.78, 5) is 4.07. The van der Waals surface area contributed by atoms with E-state index in [0.717, 1.165) is 6.54 Å². The fraction of sp³-hybridized carbons (Fsp3) is 0.444. The molecule has 4 heteroatoms. The van der Waals surface area contributed by atoms with Crippen LogP contribution in [0.2, 0.25) is 5.15 Å². The Morgan fingerprint density at radius 3 is 2.85 bits per heavy atom. The van der Waals surface area contributed by atoms with Crippen molar-refractivity contribution < 1.29 is 0 Å². The van der Waals surface area contributed by atoms with E-state index >= 15 is 0 Å². The first-order valence-corrected chi connectivity index (χ1v) is 4.63. The summed E-state index contributed by atoms with van der Waals surface area (Å²) in [6.45, 7) is 5.08. The first kappa shape index (κ1) is 10.1. The summed E-state index contributed by atoms with van der Waals surface area (Å²) < 4.78 is 0. The number of halogens is 1. The SMILES string of the molecule is CC(C)CNc1nc(Cl)ccc1N. The number of hydrogen-bond acceptors (Lipinski definition) is 3. The lowest BCUT2D eigenvalue weighted by Gasteiger charge is -2.10. The zero-order valence-electron chi connectivity index (χ0n) is 7.84. The number of nitrogens with two attached hydrogens (primary N) is 1. The van der Waals surface area contributed by atoms with Crippen LogP contribution in [0, 0.1) is 5.92 Å². The molecule has 0 unspecified atom stereocenters. The Hall–Kier alpha value is -0.960. The molecule has 0 saturated carbocycles. The van der Waals surface area contributed by atoms with E-state index < -0.39 is 0 Å². The van der Waals surface area contributed by atoms with E-state index in [1.807, 2.05) is 0 Å². The summed E-state index contributed by atoms with van der Waals surface area (Å²) in [7, 11) is 0. The molecule has 0 bridgehead atoms. The van der Waals surface area contributed by atoms with Crippen LogP contribution in [0.5, 0.6) is 0 Å². The molecule has 3 N–H and O–H groups in total. The van der Waals surface area contributed by atoms with Crippen molar-refractivity contribution in [3.8, 4) is 0 Å². The number of hydrogen-bond donors (Lipinski definition) is 2. The van der Waals surface area contributed by atoms with Crippen LogP contribution in [0.1, 0.15) is 13.8 Å². The maximum absolute atomic E-state index is 5.73. The molecule has 1 heterocycles. The lowest BCUT2D eigenvalue weighted by Crippen LogP contribution is -2.10. The highest BCUT2D eigenvalue weighted by Gasteiger charge is 2.01. The van der Waals surface area contributed by atoms with Crippen molar-refractivity contribution >= 4 is 23.1 Å². The van der Waals surface area contributed by atoms with Gasteiger partial charge in [-0.1, -0.05) is 25.4 Å². The highest BCUT2D eigenvalue weighted by atomic mass is 35.5. The number of rotatable bonds is 3. The van der Waals surface area contributed by atoms with Gasteiger partial charge in [0.15, 0.2) is 5.82 Å². The summed E-state index contributed by atoms with van der Waals surface area (Å²) in [5.41, 5.74) is 6.32. The summed E-state index contributed by atoms with van der Waals surface area (Å²) in [5.74, 6) is 1.22. The Kier molecular flexibility index (Phi) is 3.37. The molecule has 3 nitrogen and oxygen atoms in total. The molecule has 1 rings (SSSR count). The normalized spacial score (nSPS) is 10.5. The second-order valence-corrected chi connectivity index (χ2v) is 3.73. The molecule has 0 spiro atoms. The van der Waals surface area contributed by atoms with E-state index in [2.05, 4.69) is 24.1 Å². The maximum Gasteiger partial charge on any atom is 0.150 e. The molecule has 1 aromatic rings. The second-order valence-electron chi connectivity index (χ2n) is 3.35. The van der Waals surface area contributed by atoms with Crippen molar-refractivity contribution in [1.82, 2.24) is 4.98 Å². The van der Waals surface area contributed by atoms with Gasteiger partial charge in [-0.05, 0) is 18.1 Å². The maximum atomic E-state index is 5.73. The Morgan fingerprint density at radius 2 is 2.23 bits per heavy atom. The molecular formula is C9H14ClN3. The molecule has 0 amide bonds. The van der Waals surface area contributed by atoms with Crippen LogP contribution in [0.3, 0.4) is 0 Å².